The number of rotatable bonds is 7. The zero-order chi connectivity index (χ0) is 22.0. The molecule has 1 saturated carbocycles. The number of sulfone groups is 1. The standard InChI is InChI=1S/C24H32N2O4S/c1-16-17(2)30-23(26-16)15-31(28,29)20-10-8-18(9-11-20)14-22(27)24-21(12-13-25-24)19-6-4-3-5-7-19/h8-11,19,21,24-25H,3-7,12-15H2,1-2H3/t21-,24-/m0/s1. The molecule has 2 atom stereocenters. The highest BCUT2D eigenvalue weighted by molar-refractivity contribution is 7.90. The summed E-state index contributed by atoms with van der Waals surface area (Å²) in [6, 6.07) is 6.61. The number of carbonyl (C=O) groups is 1. The van der Waals surface area contributed by atoms with Gasteiger partial charge < -0.3 is 9.73 Å². The third-order valence-electron chi connectivity index (χ3n) is 6.92. The average molecular weight is 445 g/mol. The molecule has 1 N–H and O–H groups in total. The normalized spacial score (nSPS) is 22.6. The van der Waals surface area contributed by atoms with Crippen molar-refractivity contribution in [2.24, 2.45) is 11.8 Å². The van der Waals surface area contributed by atoms with Gasteiger partial charge in [-0.25, -0.2) is 13.4 Å². The summed E-state index contributed by atoms with van der Waals surface area (Å²) >= 11 is 0. The number of aryl methyl sites for hydroxylation is 2. The molecule has 1 aromatic carbocycles. The van der Waals surface area contributed by atoms with Crippen molar-refractivity contribution >= 4 is 15.6 Å². The van der Waals surface area contributed by atoms with E-state index in [0.29, 0.717) is 29.7 Å². The van der Waals surface area contributed by atoms with Gasteiger partial charge in [-0.1, -0.05) is 44.2 Å². The first kappa shape index (κ1) is 22.2. The number of carbonyl (C=O) groups excluding carboxylic acids is 1. The van der Waals surface area contributed by atoms with Gasteiger partial charge in [0.05, 0.1) is 16.6 Å². The highest BCUT2D eigenvalue weighted by atomic mass is 32.2. The number of Topliss-reactive ketones (excluding diaryl/α,β-unsaturated/α-hetero) is 1. The van der Waals surface area contributed by atoms with Crippen molar-refractivity contribution in [3.05, 3.63) is 47.2 Å². The fourth-order valence-electron chi connectivity index (χ4n) is 5.12. The molecule has 0 amide bonds. The lowest BCUT2D eigenvalue weighted by Crippen LogP contribution is -2.40. The summed E-state index contributed by atoms with van der Waals surface area (Å²) in [6.45, 7) is 4.47. The molecule has 6 nitrogen and oxygen atoms in total. The Bertz CT molecular complexity index is 1000. The molecule has 1 aromatic heterocycles. The predicted octanol–water partition coefficient (Wildman–Crippen LogP) is 3.94. The quantitative estimate of drug-likeness (QED) is 0.696. The van der Waals surface area contributed by atoms with Crippen LogP contribution in [0.4, 0.5) is 0 Å². The van der Waals surface area contributed by atoms with Crippen LogP contribution >= 0.6 is 0 Å². The molecule has 1 saturated heterocycles. The van der Waals surface area contributed by atoms with E-state index in [1.807, 2.05) is 0 Å². The fourth-order valence-corrected chi connectivity index (χ4v) is 6.28. The SMILES string of the molecule is Cc1nc(CS(=O)(=O)c2ccc(CC(=O)[C@H]3NCC[C@H]3C3CCCCC3)cc2)oc1C. The summed E-state index contributed by atoms with van der Waals surface area (Å²) in [6.07, 6.45) is 7.78. The van der Waals surface area contributed by atoms with Crippen LogP contribution in [0.25, 0.3) is 0 Å². The summed E-state index contributed by atoms with van der Waals surface area (Å²) in [5.74, 6) is 1.89. The molecule has 31 heavy (non-hydrogen) atoms. The van der Waals surface area contributed by atoms with Crippen LogP contribution in [-0.4, -0.2) is 31.8 Å². The lowest BCUT2D eigenvalue weighted by Gasteiger charge is -2.30. The highest BCUT2D eigenvalue weighted by Crippen LogP contribution is 2.36. The van der Waals surface area contributed by atoms with E-state index in [1.54, 1.807) is 38.1 Å². The topological polar surface area (TPSA) is 89.3 Å². The molecule has 2 fully saturated rings. The largest absolute Gasteiger partial charge is 0.445 e. The van der Waals surface area contributed by atoms with Gasteiger partial charge >= 0.3 is 0 Å². The summed E-state index contributed by atoms with van der Waals surface area (Å²) < 4.78 is 30.8. The first-order valence-electron chi connectivity index (χ1n) is 11.3. The van der Waals surface area contributed by atoms with Gasteiger partial charge in [-0.05, 0) is 56.3 Å². The minimum Gasteiger partial charge on any atom is -0.445 e. The van der Waals surface area contributed by atoms with E-state index in [4.69, 9.17) is 4.42 Å². The Balaban J connectivity index is 1.40. The van der Waals surface area contributed by atoms with Gasteiger partial charge in [0.25, 0.3) is 0 Å². The van der Waals surface area contributed by atoms with E-state index in [2.05, 4.69) is 10.3 Å². The van der Waals surface area contributed by atoms with Crippen molar-refractivity contribution in [3.8, 4) is 0 Å². The number of hydrogen-bond donors (Lipinski definition) is 1. The maximum absolute atomic E-state index is 13.0. The molecule has 4 rings (SSSR count). The number of benzene rings is 1. The predicted molar refractivity (Wildman–Crippen MR) is 118 cm³/mol. The number of nitrogens with zero attached hydrogens (tertiary/aromatic N) is 1. The second-order valence-corrected chi connectivity index (χ2v) is 11.1. The van der Waals surface area contributed by atoms with E-state index in [-0.39, 0.29) is 28.4 Å². The molecule has 1 aliphatic heterocycles. The van der Waals surface area contributed by atoms with Gasteiger partial charge in [-0.2, -0.15) is 0 Å². The lowest BCUT2D eigenvalue weighted by molar-refractivity contribution is -0.121. The van der Waals surface area contributed by atoms with Crippen molar-refractivity contribution in [2.75, 3.05) is 6.54 Å². The summed E-state index contributed by atoms with van der Waals surface area (Å²) in [5, 5.41) is 3.43. The van der Waals surface area contributed by atoms with Crippen LogP contribution < -0.4 is 5.32 Å². The first-order chi connectivity index (χ1) is 14.8. The van der Waals surface area contributed by atoms with Gasteiger partial charge in [0.2, 0.25) is 5.89 Å². The average Bonchev–Trinajstić information content (AvgIpc) is 3.35. The van der Waals surface area contributed by atoms with Gasteiger partial charge in [0.15, 0.2) is 15.6 Å². The third-order valence-corrected chi connectivity index (χ3v) is 8.54. The van der Waals surface area contributed by atoms with E-state index in [9.17, 15) is 13.2 Å². The Hall–Kier alpha value is -1.99. The smallest absolute Gasteiger partial charge is 0.210 e. The van der Waals surface area contributed by atoms with Gasteiger partial charge in [-0.15, -0.1) is 0 Å². The van der Waals surface area contributed by atoms with Crippen LogP contribution in [0.15, 0.2) is 33.6 Å². The number of oxazole rings is 1. The molecule has 1 aliphatic carbocycles. The second kappa shape index (κ2) is 9.25. The minimum atomic E-state index is -3.55. The van der Waals surface area contributed by atoms with E-state index in [1.165, 1.54) is 32.1 Å². The fraction of sp³-hybridized carbons (Fsp3) is 0.583. The van der Waals surface area contributed by atoms with Crippen LogP contribution in [0.5, 0.6) is 0 Å². The number of nitrogens with one attached hydrogen (secondary N) is 1. The maximum Gasteiger partial charge on any atom is 0.210 e. The highest BCUT2D eigenvalue weighted by Gasteiger charge is 2.37. The number of ketones is 1. The third kappa shape index (κ3) is 5.09. The molecular formula is C24H32N2O4S. The molecule has 0 radical (unpaired) electrons. The Labute approximate surface area is 184 Å². The Morgan fingerprint density at radius 2 is 1.81 bits per heavy atom. The zero-order valence-corrected chi connectivity index (χ0v) is 19.2. The summed E-state index contributed by atoms with van der Waals surface area (Å²) in [4.78, 5) is 17.4. The van der Waals surface area contributed by atoms with Gasteiger partial charge in [0, 0.05) is 6.42 Å². The van der Waals surface area contributed by atoms with E-state index >= 15 is 0 Å². The summed E-state index contributed by atoms with van der Waals surface area (Å²) in [5.41, 5.74) is 1.55. The molecule has 168 valence electrons. The molecule has 2 heterocycles. The lowest BCUT2D eigenvalue weighted by atomic mass is 9.75. The Kier molecular flexibility index (Phi) is 6.63. The van der Waals surface area contributed by atoms with Crippen molar-refractivity contribution in [1.29, 1.82) is 0 Å². The molecule has 0 spiro atoms. The zero-order valence-electron chi connectivity index (χ0n) is 18.4. The van der Waals surface area contributed by atoms with Gasteiger partial charge in [0.1, 0.15) is 11.5 Å². The molecular weight excluding hydrogens is 412 g/mol. The number of aromatic nitrogens is 1. The molecule has 0 bridgehead atoms. The Morgan fingerprint density at radius 1 is 1.10 bits per heavy atom. The van der Waals surface area contributed by atoms with Crippen LogP contribution in [-0.2, 0) is 26.8 Å². The van der Waals surface area contributed by atoms with Crippen molar-refractivity contribution < 1.29 is 17.6 Å². The van der Waals surface area contributed by atoms with Gasteiger partial charge in [-0.3, -0.25) is 4.79 Å². The molecule has 7 heteroatoms. The molecule has 2 aromatic rings. The first-order valence-corrected chi connectivity index (χ1v) is 13.0. The second-order valence-electron chi connectivity index (χ2n) is 9.08. The van der Waals surface area contributed by atoms with Crippen LogP contribution in [0, 0.1) is 25.7 Å². The van der Waals surface area contributed by atoms with Crippen molar-refractivity contribution in [1.82, 2.24) is 10.3 Å². The van der Waals surface area contributed by atoms with E-state index < -0.39 is 9.84 Å². The Morgan fingerprint density at radius 3 is 2.45 bits per heavy atom. The minimum absolute atomic E-state index is 0.0667. The maximum atomic E-state index is 13.0. The van der Waals surface area contributed by atoms with Crippen LogP contribution in [0.3, 0.4) is 0 Å². The van der Waals surface area contributed by atoms with Crippen LogP contribution in [0.2, 0.25) is 0 Å². The monoisotopic (exact) mass is 444 g/mol. The summed E-state index contributed by atoms with van der Waals surface area (Å²) in [7, 11) is -3.55. The van der Waals surface area contributed by atoms with E-state index in [0.717, 1.165) is 18.5 Å². The number of hydrogen-bond acceptors (Lipinski definition) is 6. The molecule has 2 aliphatic rings. The molecule has 0 unspecified atom stereocenters. The van der Waals surface area contributed by atoms with Crippen LogP contribution in [0.1, 0.15) is 61.4 Å². The van der Waals surface area contributed by atoms with Crippen molar-refractivity contribution in [2.45, 2.75) is 75.5 Å². The van der Waals surface area contributed by atoms with Crippen molar-refractivity contribution in [3.63, 3.8) is 0 Å².